The van der Waals surface area contributed by atoms with Crippen LogP contribution in [0.4, 0.5) is 0 Å². The molecule has 0 N–H and O–H groups in total. The highest BCUT2D eigenvalue weighted by molar-refractivity contribution is 7.86. The summed E-state index contributed by atoms with van der Waals surface area (Å²) in [7, 11) is -6.23. The van der Waals surface area contributed by atoms with Crippen molar-refractivity contribution in [3.63, 3.8) is 0 Å². The Labute approximate surface area is 153 Å². The van der Waals surface area contributed by atoms with Crippen molar-refractivity contribution in [2.24, 2.45) is 0 Å². The molecule has 0 saturated carbocycles. The van der Waals surface area contributed by atoms with Crippen molar-refractivity contribution in [2.45, 2.75) is 31.2 Å². The second-order valence-corrected chi connectivity index (χ2v) is 9.04. The van der Waals surface area contributed by atoms with Gasteiger partial charge in [0.1, 0.15) is 12.2 Å². The Morgan fingerprint density at radius 3 is 2.19 bits per heavy atom. The molecule has 1 heterocycles. The molecule has 1 fully saturated rings. The van der Waals surface area contributed by atoms with Gasteiger partial charge in [0.05, 0.1) is 25.7 Å². The molecule has 1 aliphatic heterocycles. The van der Waals surface area contributed by atoms with E-state index >= 15 is 0 Å². The third-order valence-electron chi connectivity index (χ3n) is 3.52. The van der Waals surface area contributed by atoms with Gasteiger partial charge in [-0.05, 0) is 5.56 Å². The van der Waals surface area contributed by atoms with Gasteiger partial charge in [-0.15, -0.1) is 0 Å². The van der Waals surface area contributed by atoms with Gasteiger partial charge < -0.3 is 14.2 Å². The zero-order valence-corrected chi connectivity index (χ0v) is 16.2. The minimum absolute atomic E-state index is 0.143. The lowest BCUT2D eigenvalue weighted by Gasteiger charge is -2.23. The van der Waals surface area contributed by atoms with Crippen molar-refractivity contribution in [2.75, 3.05) is 26.2 Å². The van der Waals surface area contributed by atoms with Gasteiger partial charge >= 0.3 is 0 Å². The molecular weight excluding hydrogens is 388 g/mol. The molecular formula is C15H22O9S2. The SMILES string of the molecule is CO[C@@H]1O[C@H](COS(C)(=O)=O)[C@H](OCc2ccccc2)[C@H]1OS(C)(=O)=O. The van der Waals surface area contributed by atoms with Gasteiger partial charge in [0.25, 0.3) is 20.2 Å². The number of benzene rings is 1. The molecule has 2 rings (SSSR count). The quantitative estimate of drug-likeness (QED) is 0.529. The van der Waals surface area contributed by atoms with E-state index in [1.807, 2.05) is 30.3 Å². The minimum Gasteiger partial charge on any atom is -0.368 e. The van der Waals surface area contributed by atoms with E-state index in [-0.39, 0.29) is 13.2 Å². The first kappa shape index (κ1) is 21.2. The molecule has 0 bridgehead atoms. The summed E-state index contributed by atoms with van der Waals surface area (Å²) < 4.78 is 71.9. The van der Waals surface area contributed by atoms with Crippen molar-refractivity contribution in [1.82, 2.24) is 0 Å². The van der Waals surface area contributed by atoms with E-state index in [9.17, 15) is 16.8 Å². The first-order chi connectivity index (χ1) is 12.1. The lowest BCUT2D eigenvalue weighted by Crippen LogP contribution is -2.40. The third kappa shape index (κ3) is 6.58. The summed E-state index contributed by atoms with van der Waals surface area (Å²) in [4.78, 5) is 0. The van der Waals surface area contributed by atoms with Gasteiger partial charge in [0, 0.05) is 7.11 Å². The van der Waals surface area contributed by atoms with Gasteiger partial charge in [0.2, 0.25) is 0 Å². The van der Waals surface area contributed by atoms with E-state index in [1.54, 1.807) is 0 Å². The van der Waals surface area contributed by atoms with Crippen LogP contribution in [0.5, 0.6) is 0 Å². The van der Waals surface area contributed by atoms with Crippen LogP contribution in [0.15, 0.2) is 30.3 Å². The van der Waals surface area contributed by atoms with Crippen LogP contribution in [0.25, 0.3) is 0 Å². The highest BCUT2D eigenvalue weighted by Gasteiger charge is 2.49. The molecule has 26 heavy (non-hydrogen) atoms. The Bertz CT molecular complexity index is 777. The molecule has 0 amide bonds. The lowest BCUT2D eigenvalue weighted by atomic mass is 10.1. The molecule has 1 aromatic rings. The Morgan fingerprint density at radius 2 is 1.65 bits per heavy atom. The number of hydrogen-bond donors (Lipinski definition) is 0. The van der Waals surface area contributed by atoms with E-state index in [4.69, 9.17) is 22.6 Å². The van der Waals surface area contributed by atoms with E-state index in [0.29, 0.717) is 0 Å². The fourth-order valence-corrected chi connectivity index (χ4v) is 3.46. The Morgan fingerprint density at radius 1 is 1.00 bits per heavy atom. The van der Waals surface area contributed by atoms with Crippen LogP contribution in [0.3, 0.4) is 0 Å². The fraction of sp³-hybridized carbons (Fsp3) is 0.600. The number of ether oxygens (including phenoxy) is 3. The van der Waals surface area contributed by atoms with Gasteiger partial charge in [-0.25, -0.2) is 0 Å². The number of rotatable bonds is 9. The smallest absolute Gasteiger partial charge is 0.264 e. The highest BCUT2D eigenvalue weighted by Crippen LogP contribution is 2.29. The Balaban J connectivity index is 2.18. The monoisotopic (exact) mass is 410 g/mol. The first-order valence-corrected chi connectivity index (χ1v) is 11.3. The zero-order valence-electron chi connectivity index (χ0n) is 14.6. The van der Waals surface area contributed by atoms with Crippen LogP contribution in [-0.2, 0) is 49.4 Å². The predicted molar refractivity (Wildman–Crippen MR) is 91.2 cm³/mol. The summed E-state index contributed by atoms with van der Waals surface area (Å²) in [5, 5.41) is 0. The maximum atomic E-state index is 11.6. The lowest BCUT2D eigenvalue weighted by molar-refractivity contribution is -0.146. The Hall–Kier alpha value is -1.08. The van der Waals surface area contributed by atoms with Crippen LogP contribution in [0, 0.1) is 0 Å². The van der Waals surface area contributed by atoms with Gasteiger partial charge in [-0.3, -0.25) is 8.37 Å². The second-order valence-electron chi connectivity index (χ2n) is 5.79. The molecule has 0 aliphatic carbocycles. The molecule has 148 valence electrons. The fourth-order valence-electron chi connectivity index (χ4n) is 2.48. The van der Waals surface area contributed by atoms with Crippen molar-refractivity contribution in [1.29, 1.82) is 0 Å². The van der Waals surface area contributed by atoms with E-state index < -0.39 is 44.8 Å². The average molecular weight is 410 g/mol. The summed E-state index contributed by atoms with van der Waals surface area (Å²) >= 11 is 0. The topological polar surface area (TPSA) is 114 Å². The maximum Gasteiger partial charge on any atom is 0.264 e. The van der Waals surface area contributed by atoms with Crippen molar-refractivity contribution < 1.29 is 39.4 Å². The Kier molecular flexibility index (Phi) is 7.13. The molecule has 0 radical (unpaired) electrons. The summed E-state index contributed by atoms with van der Waals surface area (Å²) in [6.07, 6.45) is -2.18. The molecule has 0 spiro atoms. The van der Waals surface area contributed by atoms with Crippen LogP contribution in [-0.4, -0.2) is 67.7 Å². The van der Waals surface area contributed by atoms with Crippen LogP contribution in [0.2, 0.25) is 0 Å². The molecule has 11 heteroatoms. The largest absolute Gasteiger partial charge is 0.368 e. The van der Waals surface area contributed by atoms with Gasteiger partial charge in [0.15, 0.2) is 12.4 Å². The number of hydrogen-bond acceptors (Lipinski definition) is 9. The molecule has 1 aliphatic rings. The summed E-state index contributed by atoms with van der Waals surface area (Å²) in [5.74, 6) is 0. The van der Waals surface area contributed by atoms with Gasteiger partial charge in [-0.2, -0.15) is 16.8 Å². The normalized spacial score (nSPS) is 26.9. The standard InChI is InChI=1S/C15H22O9S2/c1-20-15-14(24-26(3,18)19)13(12(23-15)10-22-25(2,16)17)21-9-11-7-5-4-6-8-11/h4-8,12-15H,9-10H2,1-3H3/t12-,13+,14-,15-/m1/s1. The first-order valence-electron chi connectivity index (χ1n) is 7.65. The summed E-state index contributed by atoms with van der Waals surface area (Å²) in [6.45, 7) is -0.216. The van der Waals surface area contributed by atoms with Crippen LogP contribution >= 0.6 is 0 Å². The van der Waals surface area contributed by atoms with Crippen molar-refractivity contribution >= 4 is 20.2 Å². The van der Waals surface area contributed by atoms with E-state index in [2.05, 4.69) is 0 Å². The van der Waals surface area contributed by atoms with Crippen LogP contribution in [0.1, 0.15) is 5.56 Å². The van der Waals surface area contributed by atoms with Gasteiger partial charge in [-0.1, -0.05) is 30.3 Å². The zero-order chi connectivity index (χ0) is 19.4. The number of methoxy groups -OCH3 is 1. The van der Waals surface area contributed by atoms with E-state index in [0.717, 1.165) is 18.1 Å². The predicted octanol–water partition coefficient (Wildman–Crippen LogP) is 0.264. The summed E-state index contributed by atoms with van der Waals surface area (Å²) in [5.41, 5.74) is 0.842. The van der Waals surface area contributed by atoms with E-state index in [1.165, 1.54) is 7.11 Å². The third-order valence-corrected chi connectivity index (χ3v) is 4.65. The molecule has 1 aromatic carbocycles. The average Bonchev–Trinajstić information content (AvgIpc) is 2.86. The molecule has 9 nitrogen and oxygen atoms in total. The maximum absolute atomic E-state index is 11.6. The van der Waals surface area contributed by atoms with Crippen LogP contribution < -0.4 is 0 Å². The van der Waals surface area contributed by atoms with Crippen molar-refractivity contribution in [3.8, 4) is 0 Å². The highest BCUT2D eigenvalue weighted by atomic mass is 32.2. The summed E-state index contributed by atoms with van der Waals surface area (Å²) in [6, 6.07) is 9.17. The minimum atomic E-state index is -3.83. The molecule has 0 aromatic heterocycles. The molecule has 0 unspecified atom stereocenters. The molecule has 4 atom stereocenters. The molecule has 1 saturated heterocycles. The second kappa shape index (κ2) is 8.74. The van der Waals surface area contributed by atoms with Crippen molar-refractivity contribution in [3.05, 3.63) is 35.9 Å².